The number of hydrogen-bond acceptors (Lipinski definition) is 6. The molecule has 6 nitrogen and oxygen atoms in total. The molecule has 0 aromatic heterocycles. The summed E-state index contributed by atoms with van der Waals surface area (Å²) in [6, 6.07) is 0. The molecule has 2 aliphatic rings. The van der Waals surface area contributed by atoms with Crippen LogP contribution >= 0.6 is 15.9 Å². The van der Waals surface area contributed by atoms with Crippen LogP contribution in [0.5, 0.6) is 0 Å². The molecule has 2 fully saturated rings. The van der Waals surface area contributed by atoms with Crippen LogP contribution < -0.4 is 0 Å². The molecule has 0 saturated heterocycles. The summed E-state index contributed by atoms with van der Waals surface area (Å²) in [5, 5.41) is 1.16. The number of fused-ring (bicyclic) bond motifs is 2. The first kappa shape index (κ1) is 64.9. The molecule has 2 aliphatic carbocycles. The van der Waals surface area contributed by atoms with E-state index in [9.17, 15) is 14.4 Å². The zero-order valence-electron chi connectivity index (χ0n) is 46.5. The van der Waals surface area contributed by atoms with E-state index in [-0.39, 0.29) is 28.2 Å². The highest BCUT2D eigenvalue weighted by Gasteiger charge is 2.55. The first-order chi connectivity index (χ1) is 32.9. The lowest BCUT2D eigenvalue weighted by Gasteiger charge is -2.57. The number of alkyl halides is 1. The van der Waals surface area contributed by atoms with E-state index in [2.05, 4.69) is 64.4 Å². The maximum Gasteiger partial charge on any atom is 0.306 e. The normalized spacial score (nSPS) is 21.1. The third-order valence-corrected chi connectivity index (χ3v) is 16.3. The van der Waals surface area contributed by atoms with E-state index in [1.807, 2.05) is 0 Å². The Morgan fingerprint density at radius 2 is 0.794 bits per heavy atom. The second-order valence-corrected chi connectivity index (χ2v) is 24.3. The van der Waals surface area contributed by atoms with Gasteiger partial charge in [0.15, 0.2) is 0 Å². The van der Waals surface area contributed by atoms with Gasteiger partial charge >= 0.3 is 11.9 Å². The highest BCUT2D eigenvalue weighted by atomic mass is 79.9. The summed E-state index contributed by atoms with van der Waals surface area (Å²) in [4.78, 5) is 38.9. The molecule has 2 saturated carbocycles. The zero-order valence-corrected chi connectivity index (χ0v) is 48.0. The maximum absolute atomic E-state index is 13.8. The quantitative estimate of drug-likeness (QED) is 0.0199. The van der Waals surface area contributed by atoms with Crippen LogP contribution in [0.25, 0.3) is 0 Å². The number of carbonyl (C=O) groups is 3. The van der Waals surface area contributed by atoms with Crippen LogP contribution in [-0.4, -0.2) is 43.6 Å². The largest absolute Gasteiger partial charge is 0.467 e. The number of carbonyl (C=O) groups excluding carboxylic acids is 3. The minimum Gasteiger partial charge on any atom is -0.467 e. The lowest BCUT2D eigenvalue weighted by Crippen LogP contribution is -2.52. The number of rotatable bonds is 45. The van der Waals surface area contributed by atoms with Gasteiger partial charge < -0.3 is 14.2 Å². The van der Waals surface area contributed by atoms with Crippen molar-refractivity contribution >= 4 is 34.3 Å². The van der Waals surface area contributed by atoms with E-state index in [4.69, 9.17) is 14.2 Å². The monoisotopic (exact) mass is 1020 g/mol. The Morgan fingerprint density at radius 1 is 0.471 bits per heavy atom. The van der Waals surface area contributed by atoms with Crippen LogP contribution in [0.2, 0.25) is 0 Å². The van der Waals surface area contributed by atoms with Gasteiger partial charge in [0.2, 0.25) is 0 Å². The Balaban J connectivity index is 0.00000437. The highest BCUT2D eigenvalue weighted by molar-refractivity contribution is 9.09. The van der Waals surface area contributed by atoms with Crippen molar-refractivity contribution in [1.82, 2.24) is 0 Å². The smallest absolute Gasteiger partial charge is 0.306 e. The number of ether oxygens (including phenoxy) is 3. The molecule has 0 amide bonds. The molecule has 0 aromatic carbocycles. The summed E-state index contributed by atoms with van der Waals surface area (Å²) in [6.07, 6.45) is 49.1. The number of halogens is 1. The summed E-state index contributed by atoms with van der Waals surface area (Å²) in [5.74, 6) is 1.13. The van der Waals surface area contributed by atoms with Gasteiger partial charge in [-0.2, -0.15) is 0 Å². The molecule has 4 atom stereocenters. The van der Waals surface area contributed by atoms with Gasteiger partial charge in [0, 0.05) is 34.4 Å². The summed E-state index contributed by atoms with van der Waals surface area (Å²) in [7, 11) is 0. The van der Waals surface area contributed by atoms with Crippen molar-refractivity contribution in [3.05, 3.63) is 0 Å². The lowest BCUT2D eigenvalue weighted by atomic mass is 9.49. The van der Waals surface area contributed by atoms with Crippen LogP contribution in [0.1, 0.15) is 312 Å². The molecule has 0 heterocycles. The molecule has 68 heavy (non-hydrogen) atoms. The fourth-order valence-electron chi connectivity index (χ4n) is 12.5. The standard InChI is InChI=1S/C57H106O6.C4H9Br/c1-7-11-15-19-23-27-31-35-50(36-32-28-24-20-16-12-8-2)39-53(59)62-47-56(6)42-52-41-55(5,46-61-49-58)44-57(43-52,45-56)48-63-54(60)40-51(37-33-29-25-21-17-13-9-3)38-34-30-26-22-18-14-10-4;1-2-3-4-5/h49-52H,7-48H2,1-6H3;2-4H2,1H3. The fourth-order valence-corrected chi connectivity index (χ4v) is 13.0. The zero-order chi connectivity index (χ0) is 50.0. The Morgan fingerprint density at radius 3 is 1.12 bits per heavy atom. The molecule has 0 aromatic rings. The molecule has 0 N–H and O–H groups in total. The van der Waals surface area contributed by atoms with Gasteiger partial charge in [0.05, 0.1) is 19.8 Å². The number of hydrogen-bond donors (Lipinski definition) is 0. The molecular weight excluding hydrogens is 909 g/mol. The van der Waals surface area contributed by atoms with Crippen molar-refractivity contribution in [3.63, 3.8) is 0 Å². The van der Waals surface area contributed by atoms with Crippen LogP contribution in [0.15, 0.2) is 0 Å². The van der Waals surface area contributed by atoms with E-state index in [1.165, 1.54) is 193 Å². The topological polar surface area (TPSA) is 78.9 Å². The minimum atomic E-state index is -0.220. The van der Waals surface area contributed by atoms with E-state index in [1.54, 1.807) is 0 Å². The van der Waals surface area contributed by atoms with Gasteiger partial charge in [-0.25, -0.2) is 0 Å². The Labute approximate surface area is 431 Å². The van der Waals surface area contributed by atoms with Gasteiger partial charge in [-0.3, -0.25) is 14.4 Å². The molecule has 2 bridgehead atoms. The van der Waals surface area contributed by atoms with E-state index in [0.717, 1.165) is 63.1 Å². The number of esters is 2. The summed E-state index contributed by atoms with van der Waals surface area (Å²) < 4.78 is 18.1. The van der Waals surface area contributed by atoms with Gasteiger partial charge in [-0.15, -0.1) is 0 Å². The van der Waals surface area contributed by atoms with Crippen molar-refractivity contribution in [2.75, 3.05) is 25.2 Å². The predicted octanol–water partition coefficient (Wildman–Crippen LogP) is 19.6. The first-order valence-corrected chi connectivity index (χ1v) is 31.0. The van der Waals surface area contributed by atoms with Gasteiger partial charge in [-0.05, 0) is 82.0 Å². The predicted molar refractivity (Wildman–Crippen MR) is 295 cm³/mol. The average Bonchev–Trinajstić information content (AvgIpc) is 3.30. The van der Waals surface area contributed by atoms with Crippen LogP contribution in [-0.2, 0) is 28.6 Å². The van der Waals surface area contributed by atoms with Crippen molar-refractivity contribution in [1.29, 1.82) is 0 Å². The minimum absolute atomic E-state index is 0.0273. The Kier molecular flexibility index (Phi) is 40.5. The molecule has 0 aliphatic heterocycles. The fraction of sp³-hybridized carbons (Fsp3) is 0.951. The SMILES string of the molecule is CCCCBr.CCCCCCCCCC(CCCCCCCCC)CC(=O)OCC1(C)CC2CC(C)(COC=O)CC(COC(=O)CC(CCCCCCCCC)CCCCCCCCC)(C2)C1. The molecule has 0 radical (unpaired) electrons. The van der Waals surface area contributed by atoms with Crippen molar-refractivity contribution < 1.29 is 28.6 Å². The maximum atomic E-state index is 13.8. The van der Waals surface area contributed by atoms with Crippen LogP contribution in [0.3, 0.4) is 0 Å². The van der Waals surface area contributed by atoms with E-state index in [0.29, 0.717) is 56.9 Å². The van der Waals surface area contributed by atoms with Crippen molar-refractivity contribution in [2.45, 2.75) is 312 Å². The molecule has 4 unspecified atom stereocenters. The summed E-state index contributed by atoms with van der Waals surface area (Å²) >= 11 is 3.31. The van der Waals surface area contributed by atoms with E-state index >= 15 is 0 Å². The highest BCUT2D eigenvalue weighted by Crippen LogP contribution is 2.60. The Hall–Kier alpha value is -1.11. The molecule has 0 spiro atoms. The first-order valence-electron chi connectivity index (χ1n) is 29.9. The second kappa shape index (κ2) is 42.4. The van der Waals surface area contributed by atoms with Crippen molar-refractivity contribution in [3.8, 4) is 0 Å². The van der Waals surface area contributed by atoms with Crippen LogP contribution in [0.4, 0.5) is 0 Å². The van der Waals surface area contributed by atoms with E-state index < -0.39 is 0 Å². The molecule has 2 rings (SSSR count). The molecule has 402 valence electrons. The third-order valence-electron chi connectivity index (χ3n) is 15.8. The summed E-state index contributed by atoms with van der Waals surface area (Å²) in [6.45, 7) is 17.7. The average molecular weight is 1020 g/mol. The molecule has 7 heteroatoms. The van der Waals surface area contributed by atoms with Gasteiger partial charge in [0.1, 0.15) is 0 Å². The third kappa shape index (κ3) is 33.5. The van der Waals surface area contributed by atoms with Gasteiger partial charge in [0.25, 0.3) is 6.47 Å². The van der Waals surface area contributed by atoms with Gasteiger partial charge in [-0.1, -0.05) is 251 Å². The lowest BCUT2D eigenvalue weighted by molar-refractivity contribution is -0.167. The number of unbranched alkanes of at least 4 members (excludes halogenated alkanes) is 25. The summed E-state index contributed by atoms with van der Waals surface area (Å²) in [5.41, 5.74) is -0.562. The Bertz CT molecular complexity index is 1160. The molecular formula is C61H115BrO6. The second-order valence-electron chi connectivity index (χ2n) is 23.5. The van der Waals surface area contributed by atoms with Crippen molar-refractivity contribution in [2.24, 2.45) is 34.0 Å². The van der Waals surface area contributed by atoms with Crippen LogP contribution in [0, 0.1) is 34.0 Å².